The number of pyridine rings is 1. The molecule has 35 heavy (non-hydrogen) atoms. The summed E-state index contributed by atoms with van der Waals surface area (Å²) >= 11 is 0. The lowest BCUT2D eigenvalue weighted by molar-refractivity contribution is -0.116. The molecule has 1 aliphatic rings. The van der Waals surface area contributed by atoms with Crippen LogP contribution < -0.4 is 11.1 Å². The molecular weight excluding hydrogens is 438 g/mol. The molecule has 0 saturated carbocycles. The minimum absolute atomic E-state index is 0.147. The Morgan fingerprint density at radius 1 is 1.31 bits per heavy atom. The fraction of sp³-hybridized carbons (Fsp3) is 0.259. The minimum atomic E-state index is -0.252. The van der Waals surface area contributed by atoms with Crippen molar-refractivity contribution in [1.82, 2.24) is 29.7 Å². The van der Waals surface area contributed by atoms with Crippen LogP contribution >= 0.6 is 0 Å². The molecule has 4 aromatic rings. The third kappa shape index (κ3) is 4.06. The van der Waals surface area contributed by atoms with E-state index in [0.29, 0.717) is 24.9 Å². The molecule has 178 valence electrons. The van der Waals surface area contributed by atoms with E-state index in [0.717, 1.165) is 44.3 Å². The van der Waals surface area contributed by atoms with Crippen LogP contribution in [0.5, 0.6) is 0 Å². The van der Waals surface area contributed by atoms with Crippen molar-refractivity contribution in [2.45, 2.75) is 32.5 Å². The summed E-state index contributed by atoms with van der Waals surface area (Å²) in [4.78, 5) is 28.2. The standard InChI is InChI=1S/C27H29N7O/c1-16(2)33(4)11-7-10-22(35)32-21-14-34-25(17(21)3)23(24-26(28)30-15-31-27(24)34)19-12-18-8-5-6-9-20(18)29-13-19/h5-10,12-13,15-16,21H,3,11,14H2,1-2,4H3,(H,32,35)(H2,28,30,31)/t21-/m1/s1. The zero-order chi connectivity index (χ0) is 24.7. The third-order valence-corrected chi connectivity index (χ3v) is 6.70. The Balaban J connectivity index is 1.50. The lowest BCUT2D eigenvalue weighted by Crippen LogP contribution is -2.34. The molecule has 0 radical (unpaired) electrons. The van der Waals surface area contributed by atoms with Crippen LogP contribution in [0.3, 0.4) is 0 Å². The van der Waals surface area contributed by atoms with Crippen molar-refractivity contribution in [2.75, 3.05) is 19.3 Å². The molecule has 5 rings (SSSR count). The lowest BCUT2D eigenvalue weighted by atomic mass is 9.98. The van der Waals surface area contributed by atoms with Gasteiger partial charge in [0, 0.05) is 47.9 Å². The van der Waals surface area contributed by atoms with Crippen molar-refractivity contribution < 1.29 is 4.79 Å². The molecule has 3 N–H and O–H groups in total. The number of rotatable bonds is 6. The fourth-order valence-electron chi connectivity index (χ4n) is 4.54. The molecule has 0 fully saturated rings. The van der Waals surface area contributed by atoms with Gasteiger partial charge in [-0.25, -0.2) is 9.97 Å². The summed E-state index contributed by atoms with van der Waals surface area (Å²) in [5, 5.41) is 4.90. The first-order valence-corrected chi connectivity index (χ1v) is 11.7. The first-order valence-electron chi connectivity index (χ1n) is 11.7. The van der Waals surface area contributed by atoms with Gasteiger partial charge in [0.2, 0.25) is 5.91 Å². The van der Waals surface area contributed by atoms with E-state index in [1.807, 2.05) is 43.6 Å². The van der Waals surface area contributed by atoms with E-state index < -0.39 is 0 Å². The number of carbonyl (C=O) groups excluding carboxylic acids is 1. The molecule has 0 bridgehead atoms. The lowest BCUT2D eigenvalue weighted by Gasteiger charge is -2.18. The zero-order valence-corrected chi connectivity index (χ0v) is 20.2. The molecule has 0 saturated heterocycles. The number of hydrogen-bond acceptors (Lipinski definition) is 6. The largest absolute Gasteiger partial charge is 0.383 e. The summed E-state index contributed by atoms with van der Waals surface area (Å²) in [5.41, 5.74) is 11.5. The number of nitrogens with zero attached hydrogens (tertiary/aromatic N) is 5. The minimum Gasteiger partial charge on any atom is -0.383 e. The highest BCUT2D eigenvalue weighted by molar-refractivity contribution is 6.08. The first kappa shape index (κ1) is 22.7. The van der Waals surface area contributed by atoms with E-state index in [4.69, 9.17) is 5.73 Å². The van der Waals surface area contributed by atoms with Gasteiger partial charge in [0.25, 0.3) is 0 Å². The molecule has 0 spiro atoms. The maximum Gasteiger partial charge on any atom is 0.244 e. The molecule has 3 aromatic heterocycles. The van der Waals surface area contributed by atoms with E-state index >= 15 is 0 Å². The summed E-state index contributed by atoms with van der Waals surface area (Å²) in [6, 6.07) is 10.2. The van der Waals surface area contributed by atoms with Crippen LogP contribution in [0.4, 0.5) is 5.82 Å². The topological polar surface area (TPSA) is 102 Å². The maximum absolute atomic E-state index is 12.7. The van der Waals surface area contributed by atoms with Crippen LogP contribution in [0, 0.1) is 0 Å². The number of anilines is 1. The van der Waals surface area contributed by atoms with Gasteiger partial charge in [-0.15, -0.1) is 0 Å². The second kappa shape index (κ2) is 8.96. The molecule has 8 heteroatoms. The molecule has 8 nitrogen and oxygen atoms in total. The predicted molar refractivity (Wildman–Crippen MR) is 141 cm³/mol. The highest BCUT2D eigenvalue weighted by atomic mass is 16.1. The van der Waals surface area contributed by atoms with Crippen LogP contribution in [0.15, 0.2) is 61.6 Å². The van der Waals surface area contributed by atoms with E-state index in [2.05, 4.69) is 56.2 Å². The van der Waals surface area contributed by atoms with E-state index in [1.54, 1.807) is 6.08 Å². The average Bonchev–Trinajstić information content (AvgIpc) is 3.33. The number of carbonyl (C=O) groups is 1. The predicted octanol–water partition coefficient (Wildman–Crippen LogP) is 3.64. The number of amides is 1. The van der Waals surface area contributed by atoms with E-state index in [1.165, 1.54) is 6.33 Å². The second-order valence-electron chi connectivity index (χ2n) is 9.23. The quantitative estimate of drug-likeness (QED) is 0.420. The van der Waals surface area contributed by atoms with Gasteiger partial charge >= 0.3 is 0 Å². The smallest absolute Gasteiger partial charge is 0.244 e. The van der Waals surface area contributed by atoms with E-state index in [9.17, 15) is 4.79 Å². The van der Waals surface area contributed by atoms with Gasteiger partial charge in [0.1, 0.15) is 17.8 Å². The molecule has 1 amide bonds. The van der Waals surface area contributed by atoms with E-state index in [-0.39, 0.29) is 11.9 Å². The Labute approximate surface area is 204 Å². The number of fused-ring (bicyclic) bond motifs is 4. The summed E-state index contributed by atoms with van der Waals surface area (Å²) < 4.78 is 2.07. The number of para-hydroxylation sites is 1. The summed E-state index contributed by atoms with van der Waals surface area (Å²) in [7, 11) is 2.03. The monoisotopic (exact) mass is 467 g/mol. The number of aromatic nitrogens is 4. The Hall–Kier alpha value is -4.04. The number of nitrogens with one attached hydrogen (secondary N) is 1. The summed E-state index contributed by atoms with van der Waals surface area (Å²) in [6.07, 6.45) is 6.78. The normalized spacial score (nSPS) is 15.7. The van der Waals surface area contributed by atoms with Gasteiger partial charge in [0.05, 0.1) is 22.6 Å². The van der Waals surface area contributed by atoms with Crippen LogP contribution in [-0.2, 0) is 11.3 Å². The van der Waals surface area contributed by atoms with Crippen LogP contribution in [-0.4, -0.2) is 56.0 Å². The second-order valence-corrected chi connectivity index (χ2v) is 9.23. The molecule has 0 aliphatic carbocycles. The Morgan fingerprint density at radius 3 is 2.91 bits per heavy atom. The maximum atomic E-state index is 12.7. The van der Waals surface area contributed by atoms with Crippen molar-refractivity contribution in [3.05, 3.63) is 67.3 Å². The van der Waals surface area contributed by atoms with Gasteiger partial charge in [-0.2, -0.15) is 0 Å². The highest BCUT2D eigenvalue weighted by Crippen LogP contribution is 2.44. The van der Waals surface area contributed by atoms with Crippen molar-refractivity contribution >= 4 is 39.2 Å². The van der Waals surface area contributed by atoms with Gasteiger partial charge in [-0.05, 0) is 38.6 Å². The SMILES string of the molecule is C=C1c2c(-c3cnc4ccccc4c3)c3c(N)ncnc3n2C[C@H]1NC(=O)C=CCN(C)C(C)C. The van der Waals surface area contributed by atoms with Gasteiger partial charge in [-0.1, -0.05) is 30.9 Å². The zero-order valence-electron chi connectivity index (χ0n) is 20.2. The van der Waals surface area contributed by atoms with Gasteiger partial charge in [-0.3, -0.25) is 9.78 Å². The molecular formula is C27H29N7O. The summed E-state index contributed by atoms with van der Waals surface area (Å²) in [5.74, 6) is 0.261. The average molecular weight is 468 g/mol. The molecule has 1 aliphatic heterocycles. The highest BCUT2D eigenvalue weighted by Gasteiger charge is 2.34. The third-order valence-electron chi connectivity index (χ3n) is 6.70. The Kier molecular flexibility index (Phi) is 5.82. The number of likely N-dealkylation sites (N-methyl/N-ethyl adjacent to an activating group) is 1. The van der Waals surface area contributed by atoms with Crippen molar-refractivity contribution in [2.24, 2.45) is 0 Å². The van der Waals surface area contributed by atoms with Crippen LogP contribution in [0.1, 0.15) is 19.5 Å². The summed E-state index contributed by atoms with van der Waals surface area (Å²) in [6.45, 7) is 9.82. The van der Waals surface area contributed by atoms with Crippen LogP contribution in [0.2, 0.25) is 0 Å². The first-order chi connectivity index (χ1) is 16.8. The number of hydrogen-bond donors (Lipinski definition) is 2. The number of benzene rings is 1. The Bertz CT molecular complexity index is 1480. The molecule has 4 heterocycles. The van der Waals surface area contributed by atoms with Crippen LogP contribution in [0.25, 0.3) is 38.6 Å². The Morgan fingerprint density at radius 2 is 2.11 bits per heavy atom. The number of nitrogen functional groups attached to an aromatic ring is 1. The molecule has 1 aromatic carbocycles. The van der Waals surface area contributed by atoms with Gasteiger partial charge < -0.3 is 20.5 Å². The molecule has 0 unspecified atom stereocenters. The number of nitrogens with two attached hydrogens (primary N) is 1. The van der Waals surface area contributed by atoms with Crippen molar-refractivity contribution in [1.29, 1.82) is 0 Å². The van der Waals surface area contributed by atoms with Crippen molar-refractivity contribution in [3.8, 4) is 11.1 Å². The van der Waals surface area contributed by atoms with Gasteiger partial charge in [0.15, 0.2) is 0 Å². The van der Waals surface area contributed by atoms with Crippen molar-refractivity contribution in [3.63, 3.8) is 0 Å². The molecule has 1 atom stereocenters. The fourth-order valence-corrected chi connectivity index (χ4v) is 4.54.